The van der Waals surface area contributed by atoms with Gasteiger partial charge in [-0.2, -0.15) is 0 Å². The predicted octanol–water partition coefficient (Wildman–Crippen LogP) is 4.88. The molecule has 0 saturated carbocycles. The van der Waals surface area contributed by atoms with E-state index in [4.69, 9.17) is 32.7 Å². The number of ether oxygens (including phenoxy) is 2. The van der Waals surface area contributed by atoms with Crippen molar-refractivity contribution in [2.24, 2.45) is 0 Å². The molecule has 0 radical (unpaired) electrons. The third-order valence-electron chi connectivity index (χ3n) is 3.89. The molecule has 0 spiro atoms. The van der Waals surface area contributed by atoms with Gasteiger partial charge in [-0.15, -0.1) is 0 Å². The SMILES string of the molecule is COCC(C)n1c(C)cc(C(=O)COc2cc(Cl)ccc2Cl)c1C. The van der Waals surface area contributed by atoms with Crippen LogP contribution in [0.3, 0.4) is 0 Å². The summed E-state index contributed by atoms with van der Waals surface area (Å²) in [4.78, 5) is 12.5. The van der Waals surface area contributed by atoms with Gasteiger partial charge in [-0.05, 0) is 39.0 Å². The smallest absolute Gasteiger partial charge is 0.202 e. The number of aryl methyl sites for hydroxylation is 1. The number of aromatic nitrogens is 1. The fraction of sp³-hybridized carbons (Fsp3) is 0.389. The number of ketones is 1. The van der Waals surface area contributed by atoms with Gasteiger partial charge in [0.05, 0.1) is 17.7 Å². The van der Waals surface area contributed by atoms with E-state index in [0.29, 0.717) is 28.0 Å². The van der Waals surface area contributed by atoms with E-state index in [9.17, 15) is 4.79 Å². The molecule has 1 aromatic heterocycles. The molecular formula is C18H21Cl2NO3. The molecule has 24 heavy (non-hydrogen) atoms. The number of hydrogen-bond acceptors (Lipinski definition) is 3. The number of carbonyl (C=O) groups is 1. The first-order valence-corrected chi connectivity index (χ1v) is 8.39. The topological polar surface area (TPSA) is 40.5 Å². The molecule has 0 saturated heterocycles. The Morgan fingerprint density at radius 2 is 1.96 bits per heavy atom. The average molecular weight is 370 g/mol. The first kappa shape index (κ1) is 18.8. The molecular weight excluding hydrogens is 349 g/mol. The Balaban J connectivity index is 2.16. The van der Waals surface area contributed by atoms with E-state index in [1.54, 1.807) is 25.3 Å². The van der Waals surface area contributed by atoms with Crippen molar-refractivity contribution in [3.8, 4) is 5.75 Å². The minimum Gasteiger partial charge on any atom is -0.484 e. The van der Waals surface area contributed by atoms with Crippen LogP contribution in [0.2, 0.25) is 10.0 Å². The molecule has 1 aromatic carbocycles. The number of hydrogen-bond donors (Lipinski definition) is 0. The summed E-state index contributed by atoms with van der Waals surface area (Å²) >= 11 is 12.0. The molecule has 1 heterocycles. The molecule has 1 unspecified atom stereocenters. The molecule has 130 valence electrons. The van der Waals surface area contributed by atoms with Crippen molar-refractivity contribution in [1.82, 2.24) is 4.57 Å². The standard InChI is InChI=1S/C18H21Cl2NO3/c1-11-7-15(13(3)21(11)12(2)9-23-4)17(22)10-24-18-8-14(19)5-6-16(18)20/h5-8,12H,9-10H2,1-4H3. The molecule has 0 aliphatic heterocycles. The van der Waals surface area contributed by atoms with E-state index in [1.807, 2.05) is 19.9 Å². The summed E-state index contributed by atoms with van der Waals surface area (Å²) in [6, 6.07) is 6.94. The molecule has 0 bridgehead atoms. The van der Waals surface area contributed by atoms with Gasteiger partial charge in [-0.3, -0.25) is 4.79 Å². The molecule has 2 rings (SSSR count). The van der Waals surface area contributed by atoms with Crippen LogP contribution >= 0.6 is 23.2 Å². The van der Waals surface area contributed by atoms with Gasteiger partial charge >= 0.3 is 0 Å². The Morgan fingerprint density at radius 3 is 2.62 bits per heavy atom. The zero-order chi connectivity index (χ0) is 17.9. The second-order valence-electron chi connectivity index (χ2n) is 5.75. The van der Waals surface area contributed by atoms with Crippen LogP contribution in [0.1, 0.15) is 34.7 Å². The summed E-state index contributed by atoms with van der Waals surface area (Å²) < 4.78 is 12.9. The second-order valence-corrected chi connectivity index (χ2v) is 6.59. The fourth-order valence-corrected chi connectivity index (χ4v) is 3.20. The maximum Gasteiger partial charge on any atom is 0.202 e. The molecule has 0 aliphatic carbocycles. The first-order valence-electron chi connectivity index (χ1n) is 7.63. The van der Waals surface area contributed by atoms with Crippen LogP contribution in [0, 0.1) is 13.8 Å². The lowest BCUT2D eigenvalue weighted by Gasteiger charge is -2.17. The van der Waals surface area contributed by atoms with E-state index >= 15 is 0 Å². The van der Waals surface area contributed by atoms with Crippen molar-refractivity contribution in [2.75, 3.05) is 20.3 Å². The lowest BCUT2D eigenvalue weighted by Crippen LogP contribution is -2.16. The van der Waals surface area contributed by atoms with Gasteiger partial charge in [0.15, 0.2) is 6.61 Å². The number of halogens is 2. The Bertz CT molecular complexity index is 740. The van der Waals surface area contributed by atoms with Crippen LogP contribution in [-0.2, 0) is 4.74 Å². The monoisotopic (exact) mass is 369 g/mol. The predicted molar refractivity (Wildman–Crippen MR) is 96.8 cm³/mol. The van der Waals surface area contributed by atoms with Gasteiger partial charge in [0.25, 0.3) is 0 Å². The third-order valence-corrected chi connectivity index (χ3v) is 4.43. The maximum absolute atomic E-state index is 12.5. The molecule has 0 aliphatic rings. The number of Topliss-reactive ketones (excluding diaryl/α,β-unsaturated/α-hetero) is 1. The van der Waals surface area contributed by atoms with Crippen LogP contribution in [0.25, 0.3) is 0 Å². The number of nitrogens with zero attached hydrogens (tertiary/aromatic N) is 1. The second kappa shape index (κ2) is 8.06. The van der Waals surface area contributed by atoms with Crippen LogP contribution in [0.4, 0.5) is 0 Å². The number of carbonyl (C=O) groups excluding carboxylic acids is 1. The Kier molecular flexibility index (Phi) is 6.33. The van der Waals surface area contributed by atoms with E-state index in [1.165, 1.54) is 0 Å². The van der Waals surface area contributed by atoms with Crippen molar-refractivity contribution in [2.45, 2.75) is 26.8 Å². The molecule has 0 fully saturated rings. The van der Waals surface area contributed by atoms with Crippen LogP contribution in [0.15, 0.2) is 24.3 Å². The zero-order valence-corrected chi connectivity index (χ0v) is 15.7. The van der Waals surface area contributed by atoms with Crippen LogP contribution in [0.5, 0.6) is 5.75 Å². The molecule has 2 aromatic rings. The number of rotatable bonds is 7. The molecule has 1 atom stereocenters. The summed E-state index contributed by atoms with van der Waals surface area (Å²) in [5.74, 6) is 0.300. The normalized spacial score (nSPS) is 12.2. The summed E-state index contributed by atoms with van der Waals surface area (Å²) in [6.07, 6.45) is 0. The average Bonchev–Trinajstić information content (AvgIpc) is 2.83. The van der Waals surface area contributed by atoms with Crippen LogP contribution in [-0.4, -0.2) is 30.7 Å². The van der Waals surface area contributed by atoms with Crippen molar-refractivity contribution in [3.05, 3.63) is 51.3 Å². The lowest BCUT2D eigenvalue weighted by atomic mass is 10.1. The highest BCUT2D eigenvalue weighted by Crippen LogP contribution is 2.28. The van der Waals surface area contributed by atoms with Gasteiger partial charge in [0.1, 0.15) is 5.75 Å². The highest BCUT2D eigenvalue weighted by Gasteiger charge is 2.19. The summed E-state index contributed by atoms with van der Waals surface area (Å²) in [6.45, 7) is 6.45. The van der Waals surface area contributed by atoms with Crippen molar-refractivity contribution >= 4 is 29.0 Å². The fourth-order valence-electron chi connectivity index (χ4n) is 2.86. The van der Waals surface area contributed by atoms with E-state index in [-0.39, 0.29) is 18.4 Å². The molecule has 6 heteroatoms. The third kappa shape index (κ3) is 4.12. The van der Waals surface area contributed by atoms with Crippen molar-refractivity contribution < 1.29 is 14.3 Å². The highest BCUT2D eigenvalue weighted by molar-refractivity contribution is 6.34. The van der Waals surface area contributed by atoms with E-state index < -0.39 is 0 Å². The van der Waals surface area contributed by atoms with E-state index in [0.717, 1.165) is 11.4 Å². The summed E-state index contributed by atoms with van der Waals surface area (Å²) in [7, 11) is 1.67. The molecule has 0 amide bonds. The Labute approximate surface area is 152 Å². The van der Waals surface area contributed by atoms with Crippen LogP contribution < -0.4 is 4.74 Å². The van der Waals surface area contributed by atoms with Gasteiger partial charge in [0.2, 0.25) is 5.78 Å². The van der Waals surface area contributed by atoms with Gasteiger partial charge in [0, 0.05) is 35.2 Å². The highest BCUT2D eigenvalue weighted by atomic mass is 35.5. The largest absolute Gasteiger partial charge is 0.484 e. The Morgan fingerprint density at radius 1 is 1.25 bits per heavy atom. The lowest BCUT2D eigenvalue weighted by molar-refractivity contribution is 0.0920. The van der Waals surface area contributed by atoms with Crippen molar-refractivity contribution in [3.63, 3.8) is 0 Å². The summed E-state index contributed by atoms with van der Waals surface area (Å²) in [5, 5.41) is 0.930. The first-order chi connectivity index (χ1) is 11.3. The van der Waals surface area contributed by atoms with Gasteiger partial charge in [-0.1, -0.05) is 23.2 Å². The Hall–Kier alpha value is -1.49. The number of benzene rings is 1. The minimum absolute atomic E-state index is 0.0942. The molecule has 4 nitrogen and oxygen atoms in total. The van der Waals surface area contributed by atoms with E-state index in [2.05, 4.69) is 11.5 Å². The summed E-state index contributed by atoms with van der Waals surface area (Å²) in [5.41, 5.74) is 2.57. The van der Waals surface area contributed by atoms with Crippen molar-refractivity contribution in [1.29, 1.82) is 0 Å². The van der Waals surface area contributed by atoms with Gasteiger partial charge < -0.3 is 14.0 Å². The minimum atomic E-state index is -0.102. The maximum atomic E-state index is 12.5. The number of methoxy groups -OCH3 is 1. The zero-order valence-electron chi connectivity index (χ0n) is 14.2. The van der Waals surface area contributed by atoms with Gasteiger partial charge in [-0.25, -0.2) is 0 Å². The molecule has 0 N–H and O–H groups in total. The quantitative estimate of drug-likeness (QED) is 0.652.